The molecule has 2 aromatic carbocycles. The van der Waals surface area contributed by atoms with E-state index in [0.29, 0.717) is 32.8 Å². The number of ether oxygens (including phenoxy) is 1. The first-order valence-electron chi connectivity index (χ1n) is 10.8. The normalized spacial score (nSPS) is 18.8. The van der Waals surface area contributed by atoms with Crippen molar-refractivity contribution in [3.63, 3.8) is 0 Å². The number of carbonyl (C=O) groups is 1. The summed E-state index contributed by atoms with van der Waals surface area (Å²) in [6, 6.07) is 16.2. The fourth-order valence-electron chi connectivity index (χ4n) is 4.05. The summed E-state index contributed by atoms with van der Waals surface area (Å²) in [4.78, 5) is 15.3. The van der Waals surface area contributed by atoms with Crippen molar-refractivity contribution < 1.29 is 17.9 Å². The van der Waals surface area contributed by atoms with Crippen LogP contribution in [0.2, 0.25) is 0 Å². The monoisotopic (exact) mass is 443 g/mol. The molecule has 0 aliphatic carbocycles. The van der Waals surface area contributed by atoms with Crippen LogP contribution in [0.3, 0.4) is 0 Å². The van der Waals surface area contributed by atoms with E-state index in [1.165, 1.54) is 4.31 Å². The predicted octanol–water partition coefficient (Wildman–Crippen LogP) is 2.16. The second-order valence-corrected chi connectivity index (χ2v) is 9.86. The van der Waals surface area contributed by atoms with Gasteiger partial charge in [0, 0.05) is 32.7 Å². The van der Waals surface area contributed by atoms with Crippen LogP contribution < -0.4 is 5.32 Å². The second-order valence-electron chi connectivity index (χ2n) is 7.92. The minimum absolute atomic E-state index is 0.0928. The molecule has 2 saturated heterocycles. The fraction of sp³-hybridized carbons (Fsp3) is 0.435. The summed E-state index contributed by atoms with van der Waals surface area (Å²) < 4.78 is 32.3. The number of benzene rings is 2. The van der Waals surface area contributed by atoms with Gasteiger partial charge in [-0.25, -0.2) is 8.42 Å². The van der Waals surface area contributed by atoms with Gasteiger partial charge in [0.2, 0.25) is 15.9 Å². The maximum absolute atomic E-state index is 13.1. The van der Waals surface area contributed by atoms with Crippen molar-refractivity contribution in [2.45, 2.75) is 30.3 Å². The fourth-order valence-corrected chi connectivity index (χ4v) is 5.46. The number of nitrogens with one attached hydrogen (secondary N) is 1. The van der Waals surface area contributed by atoms with Crippen LogP contribution in [0.25, 0.3) is 0 Å². The molecule has 0 spiro atoms. The van der Waals surface area contributed by atoms with Gasteiger partial charge in [0.1, 0.15) is 6.04 Å². The van der Waals surface area contributed by atoms with Crippen LogP contribution in [-0.2, 0) is 26.1 Å². The molecule has 31 heavy (non-hydrogen) atoms. The quantitative estimate of drug-likeness (QED) is 0.710. The van der Waals surface area contributed by atoms with Gasteiger partial charge in [0.15, 0.2) is 0 Å². The topological polar surface area (TPSA) is 79.0 Å². The number of amides is 1. The lowest BCUT2D eigenvalue weighted by Crippen LogP contribution is -2.40. The van der Waals surface area contributed by atoms with Gasteiger partial charge in [-0.05, 0) is 36.1 Å². The molecule has 2 heterocycles. The molecule has 4 rings (SSSR count). The van der Waals surface area contributed by atoms with E-state index >= 15 is 0 Å². The van der Waals surface area contributed by atoms with Gasteiger partial charge in [-0.3, -0.25) is 10.1 Å². The number of rotatable bonds is 7. The Balaban J connectivity index is 1.45. The van der Waals surface area contributed by atoms with Gasteiger partial charge >= 0.3 is 0 Å². The van der Waals surface area contributed by atoms with Gasteiger partial charge in [-0.2, -0.15) is 4.31 Å². The van der Waals surface area contributed by atoms with E-state index in [9.17, 15) is 13.2 Å². The Bertz CT molecular complexity index is 968. The van der Waals surface area contributed by atoms with Gasteiger partial charge in [0.25, 0.3) is 0 Å². The SMILES string of the molecule is O=C([C@H](NCc1ccc(S(=O)(=O)N2CCOCC2)cc1)c1ccccc1)N1CCCC1. The third-order valence-electron chi connectivity index (χ3n) is 5.84. The molecule has 1 atom stereocenters. The summed E-state index contributed by atoms with van der Waals surface area (Å²) in [5.74, 6) is 0.0928. The highest BCUT2D eigenvalue weighted by Crippen LogP contribution is 2.21. The van der Waals surface area contributed by atoms with E-state index in [4.69, 9.17) is 4.74 Å². The molecule has 0 unspecified atom stereocenters. The molecule has 1 amide bonds. The van der Waals surface area contributed by atoms with Gasteiger partial charge in [0.05, 0.1) is 18.1 Å². The average molecular weight is 444 g/mol. The molecule has 2 aliphatic rings. The Hall–Kier alpha value is -2.26. The molecule has 2 aliphatic heterocycles. The molecule has 1 N–H and O–H groups in total. The molecule has 2 fully saturated rings. The highest BCUT2D eigenvalue weighted by molar-refractivity contribution is 7.89. The number of sulfonamides is 1. The smallest absolute Gasteiger partial charge is 0.244 e. The largest absolute Gasteiger partial charge is 0.379 e. The summed E-state index contributed by atoms with van der Waals surface area (Å²) in [7, 11) is -3.51. The van der Waals surface area contributed by atoms with Crippen molar-refractivity contribution in [3.05, 3.63) is 65.7 Å². The first kappa shape index (κ1) is 22.0. The van der Waals surface area contributed by atoms with Gasteiger partial charge < -0.3 is 9.64 Å². The van der Waals surface area contributed by atoms with Crippen molar-refractivity contribution in [2.75, 3.05) is 39.4 Å². The lowest BCUT2D eigenvalue weighted by Gasteiger charge is -2.26. The molecule has 166 valence electrons. The Morgan fingerprint density at radius 3 is 2.23 bits per heavy atom. The summed E-state index contributed by atoms with van der Waals surface area (Å²) in [5.41, 5.74) is 1.86. The number of likely N-dealkylation sites (tertiary alicyclic amines) is 1. The predicted molar refractivity (Wildman–Crippen MR) is 118 cm³/mol. The summed E-state index contributed by atoms with van der Waals surface area (Å²) >= 11 is 0. The van der Waals surface area contributed by atoms with E-state index in [1.807, 2.05) is 47.4 Å². The van der Waals surface area contributed by atoms with E-state index in [0.717, 1.165) is 37.1 Å². The molecule has 0 saturated carbocycles. The van der Waals surface area contributed by atoms with E-state index in [1.54, 1.807) is 12.1 Å². The van der Waals surface area contributed by atoms with E-state index in [-0.39, 0.29) is 10.8 Å². The van der Waals surface area contributed by atoms with Crippen LogP contribution in [-0.4, -0.2) is 62.9 Å². The average Bonchev–Trinajstić information content (AvgIpc) is 3.36. The van der Waals surface area contributed by atoms with E-state index < -0.39 is 16.1 Å². The third-order valence-corrected chi connectivity index (χ3v) is 7.75. The zero-order valence-electron chi connectivity index (χ0n) is 17.6. The molecular formula is C23H29N3O4S. The molecule has 8 heteroatoms. The first-order valence-corrected chi connectivity index (χ1v) is 12.2. The summed E-state index contributed by atoms with van der Waals surface area (Å²) in [6.07, 6.45) is 2.10. The minimum Gasteiger partial charge on any atom is -0.379 e. The van der Waals surface area contributed by atoms with Crippen molar-refractivity contribution in [3.8, 4) is 0 Å². The number of hydrogen-bond donors (Lipinski definition) is 1. The maximum atomic E-state index is 13.1. The molecule has 0 radical (unpaired) electrons. The standard InChI is InChI=1S/C23H29N3O4S/c27-23(25-12-4-5-13-25)22(20-6-2-1-3-7-20)24-18-19-8-10-21(11-9-19)31(28,29)26-14-16-30-17-15-26/h1-3,6-11,22,24H,4-5,12-18H2/t22-/m1/s1. The highest BCUT2D eigenvalue weighted by Gasteiger charge is 2.28. The van der Waals surface area contributed by atoms with Gasteiger partial charge in [-0.15, -0.1) is 0 Å². The Morgan fingerprint density at radius 2 is 1.58 bits per heavy atom. The number of morpholine rings is 1. The first-order chi connectivity index (χ1) is 15.1. The molecular weight excluding hydrogens is 414 g/mol. The minimum atomic E-state index is -3.51. The zero-order chi connectivity index (χ0) is 21.7. The molecule has 0 aromatic heterocycles. The van der Waals surface area contributed by atoms with Crippen LogP contribution in [0, 0.1) is 0 Å². The summed E-state index contributed by atoms with van der Waals surface area (Å²) in [5, 5.41) is 3.38. The third kappa shape index (κ3) is 5.15. The Kier molecular flexibility index (Phi) is 7.02. The van der Waals surface area contributed by atoms with Crippen molar-refractivity contribution in [1.82, 2.24) is 14.5 Å². The maximum Gasteiger partial charge on any atom is 0.244 e. The number of hydrogen-bond acceptors (Lipinski definition) is 5. The zero-order valence-corrected chi connectivity index (χ0v) is 18.4. The Labute approximate surface area is 184 Å². The Morgan fingerprint density at radius 1 is 0.935 bits per heavy atom. The van der Waals surface area contributed by atoms with Crippen LogP contribution in [0.15, 0.2) is 59.5 Å². The second kappa shape index (κ2) is 9.91. The molecule has 7 nitrogen and oxygen atoms in total. The number of carbonyl (C=O) groups excluding carboxylic acids is 1. The number of nitrogens with zero attached hydrogens (tertiary/aromatic N) is 2. The summed E-state index contributed by atoms with van der Waals surface area (Å²) in [6.45, 7) is 3.68. The van der Waals surface area contributed by atoms with Gasteiger partial charge in [-0.1, -0.05) is 42.5 Å². The molecule has 0 bridgehead atoms. The van der Waals surface area contributed by atoms with Crippen LogP contribution >= 0.6 is 0 Å². The van der Waals surface area contributed by atoms with Crippen LogP contribution in [0.4, 0.5) is 0 Å². The highest BCUT2D eigenvalue weighted by atomic mass is 32.2. The van der Waals surface area contributed by atoms with Crippen molar-refractivity contribution in [1.29, 1.82) is 0 Å². The van der Waals surface area contributed by atoms with Crippen LogP contribution in [0.5, 0.6) is 0 Å². The van der Waals surface area contributed by atoms with Crippen LogP contribution in [0.1, 0.15) is 30.0 Å². The van der Waals surface area contributed by atoms with Crippen molar-refractivity contribution >= 4 is 15.9 Å². The lowest BCUT2D eigenvalue weighted by molar-refractivity contribution is -0.132. The lowest BCUT2D eigenvalue weighted by atomic mass is 10.0. The van der Waals surface area contributed by atoms with Crippen molar-refractivity contribution in [2.24, 2.45) is 0 Å². The molecule has 2 aromatic rings. The van der Waals surface area contributed by atoms with E-state index in [2.05, 4.69) is 5.32 Å².